The number of halogens is 2. The van der Waals surface area contributed by atoms with Gasteiger partial charge in [0.15, 0.2) is 0 Å². The number of ether oxygens (including phenoxy) is 1. The summed E-state index contributed by atoms with van der Waals surface area (Å²) >= 11 is 11.7. The van der Waals surface area contributed by atoms with Crippen molar-refractivity contribution in [2.75, 3.05) is 12.3 Å². The molecule has 2 N–H and O–H groups in total. The van der Waals surface area contributed by atoms with Crippen LogP contribution in [0.5, 0.6) is 5.88 Å². The number of hydrogen-bond donors (Lipinski definition) is 1. The maximum atomic E-state index is 5.93. The van der Waals surface area contributed by atoms with E-state index < -0.39 is 0 Å². The van der Waals surface area contributed by atoms with E-state index in [4.69, 9.17) is 33.7 Å². The van der Waals surface area contributed by atoms with Crippen molar-refractivity contribution in [2.24, 2.45) is 5.92 Å². The molecular formula is C11H16Cl2N2O. The van der Waals surface area contributed by atoms with Crippen molar-refractivity contribution in [1.29, 1.82) is 0 Å². The third-order valence-electron chi connectivity index (χ3n) is 2.21. The highest BCUT2D eigenvalue weighted by atomic mass is 35.5. The number of anilines is 1. The SMILES string of the molecule is CCCC(C)COc1nc(N)c(Cl)cc1Cl. The predicted octanol–water partition coefficient (Wildman–Crippen LogP) is 3.79. The molecule has 5 heteroatoms. The monoisotopic (exact) mass is 262 g/mol. The molecule has 0 saturated carbocycles. The molecule has 1 aromatic heterocycles. The van der Waals surface area contributed by atoms with Crippen LogP contribution in [0.25, 0.3) is 0 Å². The fourth-order valence-electron chi connectivity index (χ4n) is 1.36. The van der Waals surface area contributed by atoms with E-state index in [0.29, 0.717) is 28.5 Å². The first-order chi connectivity index (χ1) is 7.54. The Hall–Kier alpha value is -0.670. The third kappa shape index (κ3) is 3.72. The molecule has 0 amide bonds. The lowest BCUT2D eigenvalue weighted by Gasteiger charge is -2.12. The second kappa shape index (κ2) is 6.16. The summed E-state index contributed by atoms with van der Waals surface area (Å²) in [6.07, 6.45) is 2.25. The highest BCUT2D eigenvalue weighted by Crippen LogP contribution is 2.29. The van der Waals surface area contributed by atoms with E-state index >= 15 is 0 Å². The van der Waals surface area contributed by atoms with Crippen LogP contribution in [0.2, 0.25) is 10.0 Å². The predicted molar refractivity (Wildman–Crippen MR) is 68.2 cm³/mol. The molecule has 0 saturated heterocycles. The van der Waals surface area contributed by atoms with Gasteiger partial charge in [0.2, 0.25) is 5.88 Å². The van der Waals surface area contributed by atoms with Crippen LogP contribution in [0.15, 0.2) is 6.07 Å². The average Bonchev–Trinajstić information content (AvgIpc) is 2.22. The molecule has 1 unspecified atom stereocenters. The Morgan fingerprint density at radius 3 is 2.75 bits per heavy atom. The van der Waals surface area contributed by atoms with Gasteiger partial charge >= 0.3 is 0 Å². The number of rotatable bonds is 5. The molecule has 0 bridgehead atoms. The Morgan fingerprint density at radius 1 is 1.44 bits per heavy atom. The van der Waals surface area contributed by atoms with Gasteiger partial charge in [-0.05, 0) is 18.4 Å². The molecule has 1 atom stereocenters. The molecule has 1 rings (SSSR count). The molecule has 0 aliphatic heterocycles. The van der Waals surface area contributed by atoms with Crippen molar-refractivity contribution in [3.63, 3.8) is 0 Å². The van der Waals surface area contributed by atoms with E-state index in [9.17, 15) is 0 Å². The molecule has 3 nitrogen and oxygen atoms in total. The molecule has 16 heavy (non-hydrogen) atoms. The normalized spacial score (nSPS) is 12.5. The summed E-state index contributed by atoms with van der Waals surface area (Å²) in [5, 5.41) is 0.738. The van der Waals surface area contributed by atoms with Crippen LogP contribution in [0.1, 0.15) is 26.7 Å². The zero-order valence-electron chi connectivity index (χ0n) is 9.46. The first-order valence-corrected chi connectivity index (χ1v) is 6.04. The lowest BCUT2D eigenvalue weighted by molar-refractivity contribution is 0.243. The van der Waals surface area contributed by atoms with Gasteiger partial charge in [0, 0.05) is 0 Å². The fraction of sp³-hybridized carbons (Fsp3) is 0.545. The molecule has 1 aromatic rings. The van der Waals surface area contributed by atoms with Gasteiger partial charge in [-0.2, -0.15) is 4.98 Å². The Balaban J connectivity index is 2.63. The molecule has 0 aromatic carbocycles. The van der Waals surface area contributed by atoms with Crippen molar-refractivity contribution < 1.29 is 4.74 Å². The quantitative estimate of drug-likeness (QED) is 0.879. The summed E-state index contributed by atoms with van der Waals surface area (Å²) in [5.74, 6) is 1.07. The highest BCUT2D eigenvalue weighted by Gasteiger charge is 2.09. The summed E-state index contributed by atoms with van der Waals surface area (Å²) in [6.45, 7) is 4.85. The Morgan fingerprint density at radius 2 is 2.12 bits per heavy atom. The fourth-order valence-corrected chi connectivity index (χ4v) is 1.77. The van der Waals surface area contributed by atoms with Crippen molar-refractivity contribution in [1.82, 2.24) is 4.98 Å². The Kier molecular flexibility index (Phi) is 5.16. The van der Waals surface area contributed by atoms with Crippen LogP contribution in [0, 0.1) is 5.92 Å². The standard InChI is InChI=1S/C11H16Cl2N2O/c1-3-4-7(2)6-16-11-9(13)5-8(12)10(14)15-11/h5,7H,3-4,6H2,1-2H3,(H2,14,15). The second-order valence-electron chi connectivity index (χ2n) is 3.85. The zero-order chi connectivity index (χ0) is 12.1. The van der Waals surface area contributed by atoms with Gasteiger partial charge in [0.05, 0.1) is 11.6 Å². The summed E-state index contributed by atoms with van der Waals surface area (Å²) in [4.78, 5) is 4.00. The summed E-state index contributed by atoms with van der Waals surface area (Å²) in [6, 6.07) is 1.55. The minimum absolute atomic E-state index is 0.240. The summed E-state index contributed by atoms with van der Waals surface area (Å²) in [5.41, 5.74) is 5.57. The van der Waals surface area contributed by atoms with Crippen LogP contribution in [0.4, 0.5) is 5.82 Å². The van der Waals surface area contributed by atoms with Crippen molar-refractivity contribution in [3.05, 3.63) is 16.1 Å². The van der Waals surface area contributed by atoms with Crippen molar-refractivity contribution in [2.45, 2.75) is 26.7 Å². The van der Waals surface area contributed by atoms with E-state index in [1.54, 1.807) is 6.07 Å². The topological polar surface area (TPSA) is 48.1 Å². The van der Waals surface area contributed by atoms with Crippen LogP contribution >= 0.6 is 23.2 Å². The average molecular weight is 263 g/mol. The van der Waals surface area contributed by atoms with Crippen LogP contribution in [0.3, 0.4) is 0 Å². The minimum Gasteiger partial charge on any atom is -0.476 e. The van der Waals surface area contributed by atoms with Gasteiger partial charge in [0.1, 0.15) is 10.8 Å². The van der Waals surface area contributed by atoms with E-state index in [2.05, 4.69) is 18.8 Å². The van der Waals surface area contributed by atoms with Crippen LogP contribution in [-0.2, 0) is 0 Å². The number of nitrogen functional groups attached to an aromatic ring is 1. The lowest BCUT2D eigenvalue weighted by Crippen LogP contribution is -2.10. The first-order valence-electron chi connectivity index (χ1n) is 5.28. The Bertz CT molecular complexity index is 358. The van der Waals surface area contributed by atoms with Gasteiger partial charge in [-0.3, -0.25) is 0 Å². The number of aromatic nitrogens is 1. The van der Waals surface area contributed by atoms with Crippen molar-refractivity contribution >= 4 is 29.0 Å². The van der Waals surface area contributed by atoms with Gasteiger partial charge < -0.3 is 10.5 Å². The molecule has 0 fully saturated rings. The van der Waals surface area contributed by atoms with Crippen molar-refractivity contribution in [3.8, 4) is 5.88 Å². The summed E-state index contributed by atoms with van der Waals surface area (Å²) in [7, 11) is 0. The molecule has 0 aliphatic rings. The lowest BCUT2D eigenvalue weighted by atomic mass is 10.1. The molecule has 0 spiro atoms. The number of hydrogen-bond acceptors (Lipinski definition) is 3. The van der Waals surface area contributed by atoms with E-state index in [0.717, 1.165) is 12.8 Å². The molecule has 0 radical (unpaired) electrons. The van der Waals surface area contributed by atoms with Crippen LogP contribution in [-0.4, -0.2) is 11.6 Å². The van der Waals surface area contributed by atoms with Gasteiger partial charge in [-0.15, -0.1) is 0 Å². The molecule has 90 valence electrons. The van der Waals surface area contributed by atoms with Gasteiger partial charge in [0.25, 0.3) is 0 Å². The second-order valence-corrected chi connectivity index (χ2v) is 4.66. The highest BCUT2D eigenvalue weighted by molar-refractivity contribution is 6.36. The molecule has 0 aliphatic carbocycles. The molecular weight excluding hydrogens is 247 g/mol. The van der Waals surface area contributed by atoms with E-state index in [-0.39, 0.29) is 5.82 Å². The van der Waals surface area contributed by atoms with Gasteiger partial charge in [-0.1, -0.05) is 43.5 Å². The van der Waals surface area contributed by atoms with E-state index in [1.165, 1.54) is 0 Å². The Labute approximate surface area is 106 Å². The largest absolute Gasteiger partial charge is 0.476 e. The van der Waals surface area contributed by atoms with Crippen LogP contribution < -0.4 is 10.5 Å². The smallest absolute Gasteiger partial charge is 0.234 e. The zero-order valence-corrected chi connectivity index (χ0v) is 11.0. The van der Waals surface area contributed by atoms with E-state index in [1.807, 2.05) is 0 Å². The van der Waals surface area contributed by atoms with Gasteiger partial charge in [-0.25, -0.2) is 0 Å². The number of nitrogens with zero attached hydrogens (tertiary/aromatic N) is 1. The maximum Gasteiger partial charge on any atom is 0.234 e. The minimum atomic E-state index is 0.240. The first kappa shape index (κ1) is 13.4. The molecule has 1 heterocycles. The number of nitrogens with two attached hydrogens (primary N) is 1. The summed E-state index contributed by atoms with van der Waals surface area (Å²) < 4.78 is 5.51. The number of pyridine rings is 1. The maximum absolute atomic E-state index is 5.93. The third-order valence-corrected chi connectivity index (χ3v) is 2.78.